The first-order valence-corrected chi connectivity index (χ1v) is 10.4. The molecule has 2 aromatic rings. The number of rotatable bonds is 5. The Hall–Kier alpha value is -2.18. The topological polar surface area (TPSA) is 66.7 Å². The second-order valence-electron chi connectivity index (χ2n) is 8.05. The number of nitrogens with one attached hydrogen (secondary N) is 2. The number of hydrogen-bond acceptors (Lipinski definition) is 4. The predicted molar refractivity (Wildman–Crippen MR) is 128 cm³/mol. The van der Waals surface area contributed by atoms with Crippen LogP contribution in [0.4, 0.5) is 18.9 Å². The zero-order valence-corrected chi connectivity index (χ0v) is 20.3. The Bertz CT molecular complexity index is 934. The number of anilines is 1. The molecule has 11 heteroatoms. The Morgan fingerprint density at radius 3 is 2.72 bits per heavy atom. The summed E-state index contributed by atoms with van der Waals surface area (Å²) in [5.41, 5.74) is 1.66. The Morgan fingerprint density at radius 2 is 2.03 bits per heavy atom. The highest BCUT2D eigenvalue weighted by atomic mass is 127. The summed E-state index contributed by atoms with van der Waals surface area (Å²) in [6, 6.07) is 6.57. The van der Waals surface area contributed by atoms with Gasteiger partial charge in [-0.25, -0.2) is 0 Å². The summed E-state index contributed by atoms with van der Waals surface area (Å²) in [5, 5.41) is 11.1. The predicted octanol–water partition coefficient (Wildman–Crippen LogP) is 3.63. The molecule has 0 amide bonds. The maximum atomic E-state index is 12.7. The number of aryl methyl sites for hydroxylation is 1. The lowest BCUT2D eigenvalue weighted by molar-refractivity contribution is -0.274. The second-order valence-corrected chi connectivity index (χ2v) is 8.05. The van der Waals surface area contributed by atoms with Crippen LogP contribution in [-0.2, 0) is 7.05 Å². The normalized spacial score (nSPS) is 23.3. The molecule has 2 heterocycles. The number of aromatic nitrogens is 2. The highest BCUT2D eigenvalue weighted by Gasteiger charge is 2.42. The smallest absolute Gasteiger partial charge is 0.405 e. The van der Waals surface area contributed by atoms with Crippen molar-refractivity contribution in [1.82, 2.24) is 20.4 Å². The van der Waals surface area contributed by atoms with E-state index in [1.165, 1.54) is 6.07 Å². The monoisotopic (exact) mass is 564 g/mol. The van der Waals surface area contributed by atoms with Gasteiger partial charge in [0, 0.05) is 51.4 Å². The Labute approximate surface area is 202 Å². The highest BCUT2D eigenvalue weighted by molar-refractivity contribution is 14.0. The number of halogens is 4. The van der Waals surface area contributed by atoms with Crippen molar-refractivity contribution in [2.24, 2.45) is 12.0 Å². The maximum absolute atomic E-state index is 12.7. The van der Waals surface area contributed by atoms with Crippen molar-refractivity contribution in [3.05, 3.63) is 42.2 Å². The van der Waals surface area contributed by atoms with E-state index >= 15 is 0 Å². The van der Waals surface area contributed by atoms with Crippen LogP contribution in [0, 0.1) is 0 Å². The summed E-state index contributed by atoms with van der Waals surface area (Å²) in [4.78, 5) is 6.62. The summed E-state index contributed by atoms with van der Waals surface area (Å²) in [7, 11) is 3.61. The van der Waals surface area contributed by atoms with Crippen LogP contribution in [0.15, 0.2) is 41.7 Å². The number of nitrogens with zero attached hydrogens (tertiary/aromatic N) is 4. The fourth-order valence-electron chi connectivity index (χ4n) is 4.14. The van der Waals surface area contributed by atoms with Crippen molar-refractivity contribution in [3.63, 3.8) is 0 Å². The lowest BCUT2D eigenvalue weighted by Crippen LogP contribution is -2.51. The highest BCUT2D eigenvalue weighted by Crippen LogP contribution is 2.45. The summed E-state index contributed by atoms with van der Waals surface area (Å²) in [5.74, 6) is 0.488. The molecule has 2 aliphatic rings. The van der Waals surface area contributed by atoms with E-state index < -0.39 is 6.36 Å². The average Bonchev–Trinajstić information content (AvgIpc) is 3.34. The van der Waals surface area contributed by atoms with Gasteiger partial charge in [-0.05, 0) is 30.9 Å². The molecule has 0 radical (unpaired) electrons. The summed E-state index contributed by atoms with van der Waals surface area (Å²) in [6.45, 7) is 1.82. The van der Waals surface area contributed by atoms with Gasteiger partial charge in [-0.1, -0.05) is 18.2 Å². The minimum Gasteiger partial charge on any atom is -0.405 e. The Kier molecular flexibility index (Phi) is 7.78. The molecule has 7 nitrogen and oxygen atoms in total. The fourth-order valence-corrected chi connectivity index (χ4v) is 4.14. The molecule has 0 bridgehead atoms. The zero-order chi connectivity index (χ0) is 22.0. The van der Waals surface area contributed by atoms with Crippen LogP contribution < -0.4 is 20.3 Å². The molecule has 1 saturated carbocycles. The standard InChI is InChI=1S/C21H27F3N6O.HI/c1-25-20(27-14-6-5-9-30(12-14)15-11-26-29(2)13-15)28-18-10-17(18)16-7-3-4-8-19(16)31-21(22,23)24;/h3-4,7-8,11,13-14,17-18H,5-6,9-10,12H2,1-2H3,(H2,25,27,28);1H. The van der Waals surface area contributed by atoms with E-state index in [2.05, 4.69) is 30.4 Å². The van der Waals surface area contributed by atoms with E-state index in [1.54, 1.807) is 29.9 Å². The number of alkyl halides is 3. The largest absolute Gasteiger partial charge is 0.573 e. The van der Waals surface area contributed by atoms with Crippen molar-refractivity contribution in [2.75, 3.05) is 25.0 Å². The van der Waals surface area contributed by atoms with Crippen LogP contribution in [0.2, 0.25) is 0 Å². The number of benzene rings is 1. The average molecular weight is 564 g/mol. The summed E-state index contributed by atoms with van der Waals surface area (Å²) < 4.78 is 44.1. The van der Waals surface area contributed by atoms with Crippen molar-refractivity contribution >= 4 is 35.6 Å². The van der Waals surface area contributed by atoms with Crippen molar-refractivity contribution in [2.45, 2.75) is 43.6 Å². The van der Waals surface area contributed by atoms with Gasteiger partial charge >= 0.3 is 6.36 Å². The van der Waals surface area contributed by atoms with Crippen LogP contribution in [0.25, 0.3) is 0 Å². The maximum Gasteiger partial charge on any atom is 0.573 e. The molecule has 2 N–H and O–H groups in total. The molecule has 1 aromatic heterocycles. The van der Waals surface area contributed by atoms with Gasteiger partial charge in [0.25, 0.3) is 0 Å². The minimum absolute atomic E-state index is 0. The Morgan fingerprint density at radius 1 is 1.25 bits per heavy atom. The van der Waals surface area contributed by atoms with E-state index in [9.17, 15) is 13.2 Å². The first kappa shape index (κ1) is 24.5. The molecule has 1 aromatic carbocycles. The number of para-hydroxylation sites is 1. The van der Waals surface area contributed by atoms with E-state index in [1.807, 2.05) is 19.4 Å². The Balaban J connectivity index is 0.00000289. The van der Waals surface area contributed by atoms with Gasteiger partial charge in [-0.15, -0.1) is 37.1 Å². The molecule has 1 aliphatic carbocycles. The van der Waals surface area contributed by atoms with Crippen LogP contribution in [0.3, 0.4) is 0 Å². The second kappa shape index (κ2) is 10.2. The number of guanidine groups is 1. The zero-order valence-electron chi connectivity index (χ0n) is 18.0. The van der Waals surface area contributed by atoms with Crippen LogP contribution >= 0.6 is 24.0 Å². The van der Waals surface area contributed by atoms with E-state index in [0.29, 0.717) is 11.5 Å². The van der Waals surface area contributed by atoms with Gasteiger partial charge < -0.3 is 20.3 Å². The van der Waals surface area contributed by atoms with Gasteiger partial charge in [0.1, 0.15) is 5.75 Å². The number of piperidine rings is 1. The molecule has 3 atom stereocenters. The van der Waals surface area contributed by atoms with E-state index in [4.69, 9.17) is 0 Å². The lowest BCUT2D eigenvalue weighted by atomic mass is 10.1. The lowest BCUT2D eigenvalue weighted by Gasteiger charge is -2.34. The molecular weight excluding hydrogens is 536 g/mol. The molecule has 2 fully saturated rings. The van der Waals surface area contributed by atoms with Crippen LogP contribution in [0.5, 0.6) is 5.75 Å². The van der Waals surface area contributed by atoms with Gasteiger partial charge in [0.2, 0.25) is 0 Å². The van der Waals surface area contributed by atoms with Crippen molar-refractivity contribution < 1.29 is 17.9 Å². The minimum atomic E-state index is -4.70. The van der Waals surface area contributed by atoms with E-state index in [-0.39, 0.29) is 47.7 Å². The number of aliphatic imine (C=N–C) groups is 1. The van der Waals surface area contributed by atoms with Gasteiger partial charge in [0.05, 0.1) is 11.9 Å². The quantitative estimate of drug-likeness (QED) is 0.330. The van der Waals surface area contributed by atoms with Crippen LogP contribution in [-0.4, -0.2) is 54.3 Å². The molecule has 176 valence electrons. The molecule has 1 saturated heterocycles. The third kappa shape index (κ3) is 6.20. The third-order valence-corrected chi connectivity index (χ3v) is 5.70. The van der Waals surface area contributed by atoms with Crippen LogP contribution in [0.1, 0.15) is 30.7 Å². The molecule has 1 aliphatic heterocycles. The summed E-state index contributed by atoms with van der Waals surface area (Å²) >= 11 is 0. The van der Waals surface area contributed by atoms with Gasteiger partial charge in [0.15, 0.2) is 5.96 Å². The molecular formula is C21H28F3IN6O. The van der Waals surface area contributed by atoms with E-state index in [0.717, 1.165) is 38.0 Å². The van der Waals surface area contributed by atoms with Crippen molar-refractivity contribution in [3.8, 4) is 5.75 Å². The fraction of sp³-hybridized carbons (Fsp3) is 0.524. The number of ether oxygens (including phenoxy) is 1. The van der Waals surface area contributed by atoms with Crippen molar-refractivity contribution in [1.29, 1.82) is 0 Å². The molecule has 32 heavy (non-hydrogen) atoms. The van der Waals surface area contributed by atoms with Gasteiger partial charge in [-0.3, -0.25) is 9.67 Å². The summed E-state index contributed by atoms with van der Waals surface area (Å²) in [6.07, 6.45) is 1.97. The molecule has 4 rings (SSSR count). The van der Waals surface area contributed by atoms with Gasteiger partial charge in [-0.2, -0.15) is 5.10 Å². The molecule has 0 spiro atoms. The number of hydrogen-bond donors (Lipinski definition) is 2. The SMILES string of the molecule is CN=C(NC1CCCN(c2cnn(C)c2)C1)NC1CC1c1ccccc1OC(F)(F)F.I. The first-order chi connectivity index (χ1) is 14.8. The molecule has 3 unspecified atom stereocenters. The first-order valence-electron chi connectivity index (χ1n) is 10.4. The third-order valence-electron chi connectivity index (χ3n) is 5.70.